The first kappa shape index (κ1) is 17.2. The summed E-state index contributed by atoms with van der Waals surface area (Å²) in [6.45, 7) is 0. The van der Waals surface area contributed by atoms with Crippen LogP contribution >= 0.6 is 0 Å². The molecular formula is C17H11N5O3. The number of rotatable bonds is 5. The average molecular weight is 333 g/mol. The van der Waals surface area contributed by atoms with E-state index >= 15 is 0 Å². The van der Waals surface area contributed by atoms with Gasteiger partial charge in [0.25, 0.3) is 11.6 Å². The average Bonchev–Trinajstić information content (AvgIpc) is 2.63. The lowest BCUT2D eigenvalue weighted by Gasteiger charge is -2.05. The van der Waals surface area contributed by atoms with Crippen molar-refractivity contribution in [1.82, 2.24) is 0 Å². The van der Waals surface area contributed by atoms with Gasteiger partial charge in [-0.05, 0) is 36.4 Å². The molecule has 0 unspecified atom stereocenters. The first-order valence-electron chi connectivity index (χ1n) is 6.96. The smallest absolute Gasteiger partial charge is 0.269 e. The van der Waals surface area contributed by atoms with E-state index in [-0.39, 0.29) is 11.3 Å². The number of carbonyl (C=O) groups is 1. The molecule has 2 aromatic carbocycles. The van der Waals surface area contributed by atoms with E-state index in [0.29, 0.717) is 16.9 Å². The third kappa shape index (κ3) is 4.65. The number of benzene rings is 2. The van der Waals surface area contributed by atoms with Crippen LogP contribution in [-0.2, 0) is 4.79 Å². The van der Waals surface area contributed by atoms with Gasteiger partial charge in [0.05, 0.1) is 16.6 Å². The third-order valence-corrected chi connectivity index (χ3v) is 3.10. The van der Waals surface area contributed by atoms with E-state index in [0.717, 1.165) is 0 Å². The Morgan fingerprint density at radius 3 is 2.16 bits per heavy atom. The Balaban J connectivity index is 2.05. The van der Waals surface area contributed by atoms with Gasteiger partial charge in [0.2, 0.25) is 0 Å². The lowest BCUT2D eigenvalue weighted by molar-refractivity contribution is -0.384. The maximum absolute atomic E-state index is 12.1. The van der Waals surface area contributed by atoms with Crippen LogP contribution in [0.2, 0.25) is 0 Å². The van der Waals surface area contributed by atoms with E-state index < -0.39 is 10.8 Å². The number of nitrogens with one attached hydrogen (secondary N) is 2. The van der Waals surface area contributed by atoms with Crippen LogP contribution in [0.4, 0.5) is 17.1 Å². The molecule has 0 radical (unpaired) electrons. The molecule has 0 heterocycles. The number of anilines is 2. The monoisotopic (exact) mass is 333 g/mol. The topological polar surface area (TPSA) is 132 Å². The molecule has 0 fully saturated rings. The van der Waals surface area contributed by atoms with Crippen LogP contribution < -0.4 is 10.6 Å². The molecule has 8 nitrogen and oxygen atoms in total. The van der Waals surface area contributed by atoms with Crippen LogP contribution in [0.1, 0.15) is 5.56 Å². The lowest BCUT2D eigenvalue weighted by atomic mass is 10.2. The summed E-state index contributed by atoms with van der Waals surface area (Å²) in [7, 11) is 0. The van der Waals surface area contributed by atoms with Crippen LogP contribution in [0.25, 0.3) is 0 Å². The van der Waals surface area contributed by atoms with Crippen LogP contribution in [-0.4, -0.2) is 10.8 Å². The van der Waals surface area contributed by atoms with E-state index in [9.17, 15) is 14.9 Å². The minimum absolute atomic E-state index is 0.100. The van der Waals surface area contributed by atoms with E-state index in [1.165, 1.54) is 30.5 Å². The fourth-order valence-electron chi connectivity index (χ4n) is 1.81. The molecule has 8 heteroatoms. The molecule has 0 saturated carbocycles. The molecule has 2 rings (SSSR count). The SMILES string of the molecule is N#C/C(=C/Nc1ccc(C#N)cc1)C(=O)Nc1ccc([N+](=O)[O-])cc1. The summed E-state index contributed by atoms with van der Waals surface area (Å²) in [5, 5.41) is 33.7. The quantitative estimate of drug-likeness (QED) is 0.374. The number of hydrogen-bond acceptors (Lipinski definition) is 6. The summed E-state index contributed by atoms with van der Waals surface area (Å²) < 4.78 is 0. The van der Waals surface area contributed by atoms with Crippen molar-refractivity contribution in [3.63, 3.8) is 0 Å². The Morgan fingerprint density at radius 1 is 1.04 bits per heavy atom. The van der Waals surface area contributed by atoms with Gasteiger partial charge >= 0.3 is 0 Å². The van der Waals surface area contributed by atoms with Crippen LogP contribution in [0.5, 0.6) is 0 Å². The van der Waals surface area contributed by atoms with Gasteiger partial charge in [0, 0.05) is 29.7 Å². The fourth-order valence-corrected chi connectivity index (χ4v) is 1.81. The van der Waals surface area contributed by atoms with E-state index in [4.69, 9.17) is 10.5 Å². The molecule has 0 aliphatic carbocycles. The zero-order chi connectivity index (χ0) is 18.2. The van der Waals surface area contributed by atoms with Crippen molar-refractivity contribution in [3.05, 3.63) is 76.0 Å². The highest BCUT2D eigenvalue weighted by Crippen LogP contribution is 2.16. The summed E-state index contributed by atoms with van der Waals surface area (Å²) in [6, 6.07) is 15.5. The summed E-state index contributed by atoms with van der Waals surface area (Å²) in [6.07, 6.45) is 1.24. The normalized spacial score (nSPS) is 10.2. The molecule has 0 atom stereocenters. The molecule has 1 amide bonds. The second kappa shape index (κ2) is 7.90. The van der Waals surface area contributed by atoms with Crippen LogP contribution in [0.15, 0.2) is 60.3 Å². The third-order valence-electron chi connectivity index (χ3n) is 3.10. The van der Waals surface area contributed by atoms with E-state index in [2.05, 4.69) is 10.6 Å². The van der Waals surface area contributed by atoms with Crippen molar-refractivity contribution >= 4 is 23.0 Å². The molecule has 0 aliphatic rings. The number of nitro groups is 1. The highest BCUT2D eigenvalue weighted by atomic mass is 16.6. The standard InChI is InChI=1S/C17H11N5O3/c18-9-12-1-3-14(4-2-12)20-11-13(10-19)17(23)21-15-5-7-16(8-6-15)22(24)25/h1-8,11,20H,(H,21,23)/b13-11-. The van der Waals surface area contributed by atoms with Crippen molar-refractivity contribution in [1.29, 1.82) is 10.5 Å². The van der Waals surface area contributed by atoms with Gasteiger partial charge in [-0.15, -0.1) is 0 Å². The molecule has 0 aliphatic heterocycles. The molecule has 25 heavy (non-hydrogen) atoms. The number of non-ortho nitro benzene ring substituents is 1. The predicted molar refractivity (Wildman–Crippen MR) is 90.2 cm³/mol. The Hall–Kier alpha value is -4.17. The Labute approximate surface area is 142 Å². The molecule has 2 aromatic rings. The van der Waals surface area contributed by atoms with E-state index in [1.807, 2.05) is 6.07 Å². The molecule has 0 saturated heterocycles. The van der Waals surface area contributed by atoms with Gasteiger partial charge in [-0.1, -0.05) is 0 Å². The second-order valence-electron chi connectivity index (χ2n) is 4.76. The minimum Gasteiger partial charge on any atom is -0.360 e. The maximum atomic E-state index is 12.1. The first-order valence-corrected chi connectivity index (χ1v) is 6.96. The summed E-state index contributed by atoms with van der Waals surface area (Å²) in [5.41, 5.74) is 1.15. The van der Waals surface area contributed by atoms with E-state index in [1.54, 1.807) is 30.3 Å². The Morgan fingerprint density at radius 2 is 1.64 bits per heavy atom. The number of nitro benzene ring substituents is 1. The van der Waals surface area contributed by atoms with Gasteiger partial charge in [-0.3, -0.25) is 14.9 Å². The number of carbonyl (C=O) groups excluding carboxylic acids is 1. The van der Waals surface area contributed by atoms with Gasteiger partial charge in [0.15, 0.2) is 0 Å². The molecule has 0 aromatic heterocycles. The van der Waals surface area contributed by atoms with Gasteiger partial charge in [-0.25, -0.2) is 0 Å². The largest absolute Gasteiger partial charge is 0.360 e. The van der Waals surface area contributed by atoms with Gasteiger partial charge < -0.3 is 10.6 Å². The molecule has 0 bridgehead atoms. The summed E-state index contributed by atoms with van der Waals surface area (Å²) in [5.74, 6) is -0.655. The maximum Gasteiger partial charge on any atom is 0.269 e. The van der Waals surface area contributed by atoms with Crippen molar-refractivity contribution in [2.24, 2.45) is 0 Å². The molecule has 0 spiro atoms. The second-order valence-corrected chi connectivity index (χ2v) is 4.76. The fraction of sp³-hybridized carbons (Fsp3) is 0. The van der Waals surface area contributed by atoms with Crippen molar-refractivity contribution in [3.8, 4) is 12.1 Å². The van der Waals surface area contributed by atoms with Gasteiger partial charge in [0.1, 0.15) is 11.6 Å². The lowest BCUT2D eigenvalue weighted by Crippen LogP contribution is -2.14. The highest BCUT2D eigenvalue weighted by molar-refractivity contribution is 6.06. The van der Waals surface area contributed by atoms with Crippen molar-refractivity contribution in [2.75, 3.05) is 10.6 Å². The molecule has 2 N–H and O–H groups in total. The van der Waals surface area contributed by atoms with Crippen molar-refractivity contribution in [2.45, 2.75) is 0 Å². The first-order chi connectivity index (χ1) is 12.0. The number of hydrogen-bond donors (Lipinski definition) is 2. The minimum atomic E-state index is -0.655. The number of nitrogens with zero attached hydrogens (tertiary/aromatic N) is 3. The zero-order valence-corrected chi connectivity index (χ0v) is 12.8. The number of amides is 1. The van der Waals surface area contributed by atoms with Crippen molar-refractivity contribution < 1.29 is 9.72 Å². The summed E-state index contributed by atoms with van der Waals surface area (Å²) >= 11 is 0. The van der Waals surface area contributed by atoms with Crippen LogP contribution in [0.3, 0.4) is 0 Å². The Kier molecular flexibility index (Phi) is 5.43. The zero-order valence-electron chi connectivity index (χ0n) is 12.8. The van der Waals surface area contributed by atoms with Gasteiger partial charge in [-0.2, -0.15) is 10.5 Å². The summed E-state index contributed by atoms with van der Waals surface area (Å²) in [4.78, 5) is 22.1. The predicted octanol–water partition coefficient (Wildman–Crippen LogP) is 2.92. The highest BCUT2D eigenvalue weighted by Gasteiger charge is 2.10. The molecule has 122 valence electrons. The molecular weight excluding hydrogens is 322 g/mol. The number of nitriles is 2. The van der Waals surface area contributed by atoms with Crippen LogP contribution in [0, 0.1) is 32.8 Å². The Bertz CT molecular complexity index is 903.